The lowest BCUT2D eigenvalue weighted by atomic mass is 9.90. The van der Waals surface area contributed by atoms with Crippen LogP contribution in [0.15, 0.2) is 47.9 Å². The van der Waals surface area contributed by atoms with Crippen molar-refractivity contribution in [3.8, 4) is 0 Å². The number of nitrogens with zero attached hydrogens (tertiary/aromatic N) is 3. The highest BCUT2D eigenvalue weighted by Gasteiger charge is 2.27. The highest BCUT2D eigenvalue weighted by molar-refractivity contribution is 8.00. The molecule has 1 aliphatic rings. The molecule has 2 heterocycles. The van der Waals surface area contributed by atoms with E-state index in [1.165, 1.54) is 5.56 Å². The minimum Gasteiger partial charge on any atom is -0.342 e. The molecule has 1 aliphatic heterocycles. The van der Waals surface area contributed by atoms with Crippen molar-refractivity contribution in [1.82, 2.24) is 14.5 Å². The lowest BCUT2D eigenvalue weighted by Gasteiger charge is -2.33. The van der Waals surface area contributed by atoms with Crippen LogP contribution >= 0.6 is 11.8 Å². The summed E-state index contributed by atoms with van der Waals surface area (Å²) in [4.78, 5) is 19.2. The van der Waals surface area contributed by atoms with Crippen molar-refractivity contribution in [1.29, 1.82) is 0 Å². The zero-order valence-corrected chi connectivity index (χ0v) is 15.9. The Balaban J connectivity index is 1.49. The van der Waals surface area contributed by atoms with Crippen LogP contribution < -0.4 is 0 Å². The Bertz CT molecular complexity index is 677. The van der Waals surface area contributed by atoms with Gasteiger partial charge in [-0.1, -0.05) is 42.1 Å². The zero-order valence-electron chi connectivity index (χ0n) is 15.1. The molecule has 1 unspecified atom stereocenters. The Morgan fingerprint density at radius 3 is 2.68 bits per heavy atom. The molecule has 0 spiro atoms. The highest BCUT2D eigenvalue weighted by Crippen LogP contribution is 2.26. The molecule has 0 N–H and O–H groups in total. The molecule has 1 saturated heterocycles. The first-order valence-electron chi connectivity index (χ1n) is 9.18. The third kappa shape index (κ3) is 4.66. The number of hydrogen-bond acceptors (Lipinski definition) is 3. The number of piperidine rings is 1. The maximum Gasteiger partial charge on any atom is 0.235 e. The number of benzene rings is 1. The average molecular weight is 358 g/mol. The van der Waals surface area contributed by atoms with E-state index >= 15 is 0 Å². The number of likely N-dealkylation sites (tertiary alicyclic amines) is 1. The molecule has 0 bridgehead atoms. The van der Waals surface area contributed by atoms with Gasteiger partial charge in [-0.2, -0.15) is 0 Å². The second-order valence-corrected chi connectivity index (χ2v) is 8.02. The van der Waals surface area contributed by atoms with Crippen molar-refractivity contribution < 1.29 is 4.79 Å². The number of hydrogen-bond donors (Lipinski definition) is 0. The fourth-order valence-electron chi connectivity index (χ4n) is 3.42. The van der Waals surface area contributed by atoms with Crippen molar-refractivity contribution in [2.45, 2.75) is 50.1 Å². The molecule has 0 radical (unpaired) electrons. The Morgan fingerprint density at radius 2 is 2.00 bits per heavy atom. The summed E-state index contributed by atoms with van der Waals surface area (Å²) in [5.41, 5.74) is 1.41. The lowest BCUT2D eigenvalue weighted by Crippen LogP contribution is -2.42. The largest absolute Gasteiger partial charge is 0.342 e. The van der Waals surface area contributed by atoms with Gasteiger partial charge < -0.3 is 9.47 Å². The molecule has 3 rings (SSSR count). The van der Waals surface area contributed by atoms with Gasteiger partial charge in [-0.05, 0) is 44.6 Å². The van der Waals surface area contributed by atoms with E-state index in [1.807, 2.05) is 18.0 Å². The minimum absolute atomic E-state index is 0.0848. The van der Waals surface area contributed by atoms with E-state index in [9.17, 15) is 4.79 Å². The SMILES string of the molecule is CCn1ccnc1SC(C)C(=O)N1CCC(Cc2ccccc2)CC1. The van der Waals surface area contributed by atoms with E-state index < -0.39 is 0 Å². The maximum atomic E-state index is 12.8. The molecule has 0 saturated carbocycles. The Labute approximate surface area is 154 Å². The molecule has 1 aromatic carbocycles. The predicted molar refractivity (Wildman–Crippen MR) is 103 cm³/mol. The summed E-state index contributed by atoms with van der Waals surface area (Å²) in [6.07, 6.45) is 7.09. The van der Waals surface area contributed by atoms with Crippen LogP contribution in [0.3, 0.4) is 0 Å². The Hall–Kier alpha value is -1.75. The molecule has 1 fully saturated rings. The summed E-state index contributed by atoms with van der Waals surface area (Å²) in [5, 5.41) is 0.848. The van der Waals surface area contributed by atoms with Crippen LogP contribution in [0.5, 0.6) is 0 Å². The van der Waals surface area contributed by atoms with E-state index in [0.717, 1.165) is 44.1 Å². The van der Waals surface area contributed by atoms with E-state index in [2.05, 4.69) is 46.8 Å². The first-order chi connectivity index (χ1) is 12.2. The molecular formula is C20H27N3OS. The molecule has 1 atom stereocenters. The van der Waals surface area contributed by atoms with Crippen LogP contribution in [0.25, 0.3) is 0 Å². The first-order valence-corrected chi connectivity index (χ1v) is 10.1. The second-order valence-electron chi connectivity index (χ2n) is 6.71. The third-order valence-corrected chi connectivity index (χ3v) is 6.05. The Kier molecular flexibility index (Phi) is 6.19. The smallest absolute Gasteiger partial charge is 0.235 e. The van der Waals surface area contributed by atoms with Crippen LogP contribution in [0.2, 0.25) is 0 Å². The number of carbonyl (C=O) groups excluding carboxylic acids is 1. The molecule has 0 aliphatic carbocycles. The fourth-order valence-corrected chi connectivity index (χ4v) is 4.44. The van der Waals surface area contributed by atoms with Crippen LogP contribution in [0.4, 0.5) is 0 Å². The number of aryl methyl sites for hydroxylation is 1. The van der Waals surface area contributed by atoms with Gasteiger partial charge in [0.1, 0.15) is 0 Å². The lowest BCUT2D eigenvalue weighted by molar-refractivity contribution is -0.131. The summed E-state index contributed by atoms with van der Waals surface area (Å²) in [5.74, 6) is 0.933. The normalized spacial score (nSPS) is 16.8. The molecule has 5 heteroatoms. The van der Waals surface area contributed by atoms with Gasteiger partial charge in [0.2, 0.25) is 5.91 Å². The van der Waals surface area contributed by atoms with Crippen molar-refractivity contribution in [2.24, 2.45) is 5.92 Å². The molecule has 1 aromatic heterocycles. The summed E-state index contributed by atoms with van der Waals surface area (Å²) < 4.78 is 2.08. The summed E-state index contributed by atoms with van der Waals surface area (Å²) in [6, 6.07) is 10.7. The number of thioether (sulfide) groups is 1. The van der Waals surface area contributed by atoms with Gasteiger partial charge in [-0.15, -0.1) is 0 Å². The number of rotatable bonds is 6. The van der Waals surface area contributed by atoms with E-state index in [1.54, 1.807) is 18.0 Å². The van der Waals surface area contributed by atoms with Crippen molar-refractivity contribution >= 4 is 17.7 Å². The van der Waals surface area contributed by atoms with Crippen LogP contribution in [0.1, 0.15) is 32.3 Å². The van der Waals surface area contributed by atoms with E-state index in [4.69, 9.17) is 0 Å². The second kappa shape index (κ2) is 8.56. The third-order valence-electron chi connectivity index (χ3n) is 4.94. The van der Waals surface area contributed by atoms with Crippen molar-refractivity contribution in [2.75, 3.05) is 13.1 Å². The number of amides is 1. The van der Waals surface area contributed by atoms with Gasteiger partial charge in [-0.25, -0.2) is 4.98 Å². The summed E-state index contributed by atoms with van der Waals surface area (Å²) >= 11 is 1.57. The van der Waals surface area contributed by atoms with Crippen LogP contribution in [-0.4, -0.2) is 38.7 Å². The number of aromatic nitrogens is 2. The quantitative estimate of drug-likeness (QED) is 0.737. The average Bonchev–Trinajstić information content (AvgIpc) is 3.09. The van der Waals surface area contributed by atoms with Crippen LogP contribution in [0, 0.1) is 5.92 Å². The highest BCUT2D eigenvalue weighted by atomic mass is 32.2. The van der Waals surface area contributed by atoms with Gasteiger partial charge >= 0.3 is 0 Å². The number of imidazole rings is 1. The molecule has 2 aromatic rings. The van der Waals surface area contributed by atoms with Crippen LogP contribution in [-0.2, 0) is 17.8 Å². The molecule has 4 nitrogen and oxygen atoms in total. The predicted octanol–water partition coefficient (Wildman–Crippen LogP) is 3.86. The summed E-state index contributed by atoms with van der Waals surface area (Å²) in [6.45, 7) is 6.73. The van der Waals surface area contributed by atoms with Crippen molar-refractivity contribution in [3.05, 3.63) is 48.3 Å². The molecule has 25 heavy (non-hydrogen) atoms. The fraction of sp³-hybridized carbons (Fsp3) is 0.500. The molecule has 1 amide bonds. The van der Waals surface area contributed by atoms with Gasteiger partial charge in [0.25, 0.3) is 0 Å². The molecule has 134 valence electrons. The van der Waals surface area contributed by atoms with Gasteiger partial charge in [0.05, 0.1) is 5.25 Å². The van der Waals surface area contributed by atoms with E-state index in [0.29, 0.717) is 5.92 Å². The Morgan fingerprint density at radius 1 is 1.28 bits per heavy atom. The van der Waals surface area contributed by atoms with Gasteiger partial charge in [0, 0.05) is 32.0 Å². The first kappa shape index (κ1) is 18.1. The monoisotopic (exact) mass is 357 g/mol. The zero-order chi connectivity index (χ0) is 17.6. The standard InChI is InChI=1S/C20H27N3OS/c1-3-22-14-11-21-20(22)25-16(2)19(24)23-12-9-18(10-13-23)15-17-7-5-4-6-8-17/h4-8,11,14,16,18H,3,9-10,12-13,15H2,1-2H3. The topological polar surface area (TPSA) is 38.1 Å². The van der Waals surface area contributed by atoms with Gasteiger partial charge in [-0.3, -0.25) is 4.79 Å². The summed E-state index contributed by atoms with van der Waals surface area (Å²) in [7, 11) is 0. The maximum absolute atomic E-state index is 12.8. The van der Waals surface area contributed by atoms with Gasteiger partial charge in [0.15, 0.2) is 5.16 Å². The minimum atomic E-state index is -0.0848. The van der Waals surface area contributed by atoms with Crippen molar-refractivity contribution in [3.63, 3.8) is 0 Å². The number of carbonyl (C=O) groups is 1. The molecular weight excluding hydrogens is 330 g/mol. The van der Waals surface area contributed by atoms with E-state index in [-0.39, 0.29) is 11.2 Å².